The van der Waals surface area contributed by atoms with Gasteiger partial charge in [-0.2, -0.15) is 0 Å². The first kappa shape index (κ1) is 13.2. The molecular formula is C13H17BrClNO. The Balaban J connectivity index is 2.20. The van der Waals surface area contributed by atoms with Gasteiger partial charge in [-0.1, -0.05) is 27.5 Å². The van der Waals surface area contributed by atoms with Gasteiger partial charge in [-0.25, -0.2) is 0 Å². The first-order chi connectivity index (χ1) is 8.24. The summed E-state index contributed by atoms with van der Waals surface area (Å²) in [5, 5.41) is 1.63. The summed E-state index contributed by atoms with van der Waals surface area (Å²) in [6.07, 6.45) is 2.69. The number of anilines is 1. The Morgan fingerprint density at radius 1 is 1.53 bits per heavy atom. The second-order valence-electron chi connectivity index (χ2n) is 4.35. The number of piperidine rings is 1. The molecule has 0 bridgehead atoms. The maximum Gasteiger partial charge on any atom is 0.0746 e. The van der Waals surface area contributed by atoms with Crippen molar-refractivity contribution in [3.05, 3.63) is 28.8 Å². The van der Waals surface area contributed by atoms with Crippen LogP contribution in [0.4, 0.5) is 5.69 Å². The van der Waals surface area contributed by atoms with Gasteiger partial charge in [0.2, 0.25) is 0 Å². The van der Waals surface area contributed by atoms with Crippen molar-refractivity contribution in [3.8, 4) is 0 Å². The van der Waals surface area contributed by atoms with E-state index in [1.807, 2.05) is 12.1 Å². The summed E-state index contributed by atoms with van der Waals surface area (Å²) < 4.78 is 5.46. The SMILES string of the molecule is COC1CCCN(c2ccc(Cl)cc2CBr)C1. The normalized spacial score (nSPS) is 20.6. The van der Waals surface area contributed by atoms with Crippen LogP contribution in [0.1, 0.15) is 18.4 Å². The third-order valence-electron chi connectivity index (χ3n) is 3.24. The number of rotatable bonds is 3. The zero-order valence-electron chi connectivity index (χ0n) is 9.96. The van der Waals surface area contributed by atoms with Crippen molar-refractivity contribution in [2.75, 3.05) is 25.1 Å². The Kier molecular flexibility index (Phi) is 4.71. The van der Waals surface area contributed by atoms with Crippen LogP contribution in [0.3, 0.4) is 0 Å². The van der Waals surface area contributed by atoms with Crippen molar-refractivity contribution in [2.24, 2.45) is 0 Å². The minimum Gasteiger partial charge on any atom is -0.380 e. The molecule has 1 unspecified atom stereocenters. The largest absolute Gasteiger partial charge is 0.380 e. The fourth-order valence-electron chi connectivity index (χ4n) is 2.32. The summed E-state index contributed by atoms with van der Waals surface area (Å²) in [5.74, 6) is 0. The highest BCUT2D eigenvalue weighted by Crippen LogP contribution is 2.29. The van der Waals surface area contributed by atoms with Crippen molar-refractivity contribution in [1.82, 2.24) is 0 Å². The predicted molar refractivity (Wildman–Crippen MR) is 76.3 cm³/mol. The Labute approximate surface area is 116 Å². The lowest BCUT2D eigenvalue weighted by Crippen LogP contribution is -2.39. The Hall–Kier alpha value is -0.250. The van der Waals surface area contributed by atoms with Gasteiger partial charge in [0.05, 0.1) is 6.10 Å². The smallest absolute Gasteiger partial charge is 0.0746 e. The third kappa shape index (κ3) is 3.15. The molecule has 0 amide bonds. The van der Waals surface area contributed by atoms with Gasteiger partial charge in [0, 0.05) is 36.2 Å². The van der Waals surface area contributed by atoms with Crippen molar-refractivity contribution < 1.29 is 4.74 Å². The molecule has 1 fully saturated rings. The molecule has 1 atom stereocenters. The highest BCUT2D eigenvalue weighted by molar-refractivity contribution is 9.08. The van der Waals surface area contributed by atoms with E-state index >= 15 is 0 Å². The number of benzene rings is 1. The van der Waals surface area contributed by atoms with Crippen molar-refractivity contribution >= 4 is 33.2 Å². The fraction of sp³-hybridized carbons (Fsp3) is 0.538. The summed E-state index contributed by atoms with van der Waals surface area (Å²) >= 11 is 9.55. The van der Waals surface area contributed by atoms with Crippen LogP contribution >= 0.6 is 27.5 Å². The van der Waals surface area contributed by atoms with Gasteiger partial charge in [-0.05, 0) is 36.6 Å². The number of alkyl halides is 1. The summed E-state index contributed by atoms with van der Waals surface area (Å²) in [4.78, 5) is 2.39. The highest BCUT2D eigenvalue weighted by atomic mass is 79.9. The van der Waals surface area contributed by atoms with Crippen LogP contribution in [0.2, 0.25) is 5.02 Å². The monoisotopic (exact) mass is 317 g/mol. The van der Waals surface area contributed by atoms with Crippen LogP contribution in [0.5, 0.6) is 0 Å². The Morgan fingerprint density at radius 2 is 2.35 bits per heavy atom. The number of hydrogen-bond donors (Lipinski definition) is 0. The van der Waals surface area contributed by atoms with Gasteiger partial charge in [-0.3, -0.25) is 0 Å². The van der Waals surface area contributed by atoms with Crippen LogP contribution in [0, 0.1) is 0 Å². The minimum atomic E-state index is 0.350. The molecule has 94 valence electrons. The molecule has 2 rings (SSSR count). The van der Waals surface area contributed by atoms with E-state index in [-0.39, 0.29) is 0 Å². The molecule has 1 heterocycles. The molecule has 17 heavy (non-hydrogen) atoms. The third-order valence-corrected chi connectivity index (χ3v) is 4.08. The highest BCUT2D eigenvalue weighted by Gasteiger charge is 2.21. The molecule has 1 aliphatic heterocycles. The van der Waals surface area contributed by atoms with Crippen LogP contribution in [0.15, 0.2) is 18.2 Å². The fourth-order valence-corrected chi connectivity index (χ4v) is 2.96. The van der Waals surface area contributed by atoms with Gasteiger partial charge in [-0.15, -0.1) is 0 Å². The van der Waals surface area contributed by atoms with E-state index in [4.69, 9.17) is 16.3 Å². The minimum absolute atomic E-state index is 0.350. The van der Waals surface area contributed by atoms with Crippen molar-refractivity contribution in [2.45, 2.75) is 24.3 Å². The maximum atomic E-state index is 6.03. The van der Waals surface area contributed by atoms with Gasteiger partial charge < -0.3 is 9.64 Å². The Bertz CT molecular complexity index is 386. The van der Waals surface area contributed by atoms with E-state index in [0.717, 1.165) is 29.9 Å². The number of nitrogens with zero attached hydrogens (tertiary/aromatic N) is 1. The molecule has 2 nitrogen and oxygen atoms in total. The molecule has 0 aromatic heterocycles. The molecule has 0 radical (unpaired) electrons. The summed E-state index contributed by atoms with van der Waals surface area (Å²) in [7, 11) is 1.79. The standard InChI is InChI=1S/C13H17BrClNO/c1-17-12-3-2-6-16(9-12)13-5-4-11(15)7-10(13)8-14/h4-5,7,12H,2-3,6,8-9H2,1H3. The topological polar surface area (TPSA) is 12.5 Å². The predicted octanol–water partition coefficient (Wildman–Crippen LogP) is 3.85. The average molecular weight is 319 g/mol. The van der Waals surface area contributed by atoms with E-state index in [1.165, 1.54) is 17.7 Å². The van der Waals surface area contributed by atoms with Crippen LogP contribution in [-0.4, -0.2) is 26.3 Å². The second kappa shape index (κ2) is 6.07. The van der Waals surface area contributed by atoms with Gasteiger partial charge in [0.25, 0.3) is 0 Å². The van der Waals surface area contributed by atoms with E-state index in [0.29, 0.717) is 6.10 Å². The first-order valence-electron chi connectivity index (χ1n) is 5.86. The number of methoxy groups -OCH3 is 1. The molecule has 0 spiro atoms. The number of halogens is 2. The zero-order valence-corrected chi connectivity index (χ0v) is 12.3. The van der Waals surface area contributed by atoms with Crippen molar-refractivity contribution in [3.63, 3.8) is 0 Å². The van der Waals surface area contributed by atoms with Crippen molar-refractivity contribution in [1.29, 1.82) is 0 Å². The van der Waals surface area contributed by atoms with E-state index in [2.05, 4.69) is 26.9 Å². The van der Waals surface area contributed by atoms with Gasteiger partial charge in [0.1, 0.15) is 0 Å². The molecule has 0 N–H and O–H groups in total. The lowest BCUT2D eigenvalue weighted by atomic mass is 10.1. The summed E-state index contributed by atoms with van der Waals surface area (Å²) in [6, 6.07) is 6.10. The molecule has 0 saturated carbocycles. The van der Waals surface area contributed by atoms with Crippen LogP contribution < -0.4 is 4.90 Å². The zero-order chi connectivity index (χ0) is 12.3. The molecule has 0 aliphatic carbocycles. The molecule has 4 heteroatoms. The summed E-state index contributed by atoms with van der Waals surface area (Å²) in [6.45, 7) is 2.07. The second-order valence-corrected chi connectivity index (χ2v) is 5.35. The lowest BCUT2D eigenvalue weighted by Gasteiger charge is -2.34. The average Bonchev–Trinajstić information content (AvgIpc) is 2.38. The van der Waals surface area contributed by atoms with Gasteiger partial charge >= 0.3 is 0 Å². The van der Waals surface area contributed by atoms with Gasteiger partial charge in [0.15, 0.2) is 0 Å². The quantitative estimate of drug-likeness (QED) is 0.785. The first-order valence-corrected chi connectivity index (χ1v) is 7.36. The van der Waals surface area contributed by atoms with E-state index < -0.39 is 0 Å². The molecule has 1 aromatic rings. The molecule has 1 saturated heterocycles. The molecule has 1 aromatic carbocycles. The molecule has 1 aliphatic rings. The Morgan fingerprint density at radius 3 is 3.06 bits per heavy atom. The number of ether oxygens (including phenoxy) is 1. The van der Waals surface area contributed by atoms with Crippen LogP contribution in [-0.2, 0) is 10.1 Å². The molecular weight excluding hydrogens is 302 g/mol. The maximum absolute atomic E-state index is 6.03. The number of hydrogen-bond acceptors (Lipinski definition) is 2. The lowest BCUT2D eigenvalue weighted by molar-refractivity contribution is 0.0893. The van der Waals surface area contributed by atoms with E-state index in [1.54, 1.807) is 7.11 Å². The van der Waals surface area contributed by atoms with E-state index in [9.17, 15) is 0 Å². The summed E-state index contributed by atoms with van der Waals surface area (Å²) in [5.41, 5.74) is 2.52. The van der Waals surface area contributed by atoms with Crippen LogP contribution in [0.25, 0.3) is 0 Å².